The molecule has 8 heteroatoms. The molecule has 0 spiro atoms. The fourth-order valence-corrected chi connectivity index (χ4v) is 3.95. The van der Waals surface area contributed by atoms with Crippen LogP contribution in [0, 0.1) is 0 Å². The number of aliphatic carboxylic acids is 1. The molecule has 17 heavy (non-hydrogen) atoms. The topological polar surface area (TPSA) is 92.7 Å². The molecular weight excluding hydrogens is 266 g/mol. The zero-order valence-corrected chi connectivity index (χ0v) is 10.4. The van der Waals surface area contributed by atoms with E-state index in [0.29, 0.717) is 0 Å². The van der Waals surface area contributed by atoms with Crippen LogP contribution in [0.1, 0.15) is 6.42 Å². The second-order valence-corrected chi connectivity index (χ2v) is 6.58. The van der Waals surface area contributed by atoms with Crippen molar-refractivity contribution in [1.29, 1.82) is 0 Å². The first kappa shape index (κ1) is 12.5. The minimum atomic E-state index is -3.80. The lowest BCUT2D eigenvalue weighted by atomic mass is 10.0. The minimum absolute atomic E-state index is 0.102. The van der Waals surface area contributed by atoms with E-state index in [0.717, 1.165) is 11.3 Å². The number of ether oxygens (including phenoxy) is 1. The van der Waals surface area contributed by atoms with Crippen LogP contribution in [0.2, 0.25) is 0 Å². The monoisotopic (exact) mass is 277 g/mol. The third kappa shape index (κ3) is 2.34. The van der Waals surface area contributed by atoms with Crippen LogP contribution in [0.3, 0.4) is 0 Å². The largest absolute Gasteiger partial charge is 0.480 e. The normalized spacial score (nSPS) is 24.9. The summed E-state index contributed by atoms with van der Waals surface area (Å²) in [6, 6.07) is 3.02. The molecule has 2 heterocycles. The molecule has 6 nitrogen and oxygen atoms in total. The van der Waals surface area contributed by atoms with Crippen LogP contribution in [-0.4, -0.2) is 38.2 Å². The first-order chi connectivity index (χ1) is 7.96. The van der Waals surface area contributed by atoms with E-state index in [4.69, 9.17) is 9.84 Å². The molecule has 1 unspecified atom stereocenters. The maximum atomic E-state index is 11.9. The Morgan fingerprint density at radius 2 is 2.35 bits per heavy atom. The Balaban J connectivity index is 2.28. The van der Waals surface area contributed by atoms with Gasteiger partial charge in [0.25, 0.3) is 10.0 Å². The van der Waals surface area contributed by atoms with Gasteiger partial charge in [-0.05, 0) is 11.4 Å². The van der Waals surface area contributed by atoms with E-state index in [9.17, 15) is 13.2 Å². The Labute approximate surface area is 102 Å². The SMILES string of the molecule is O=C(O)C1(NS(=O)(=O)c2cccs2)CCOC1. The van der Waals surface area contributed by atoms with E-state index in [2.05, 4.69) is 4.72 Å². The maximum Gasteiger partial charge on any atom is 0.327 e. The lowest BCUT2D eigenvalue weighted by Crippen LogP contribution is -2.54. The second-order valence-electron chi connectivity index (χ2n) is 3.73. The average Bonchev–Trinajstić information content (AvgIpc) is 2.86. The number of carboxylic acid groups (broad SMARTS) is 1. The molecule has 1 aromatic rings. The lowest BCUT2D eigenvalue weighted by Gasteiger charge is -2.22. The minimum Gasteiger partial charge on any atom is -0.480 e. The summed E-state index contributed by atoms with van der Waals surface area (Å²) in [6.45, 7) is 0.0895. The Morgan fingerprint density at radius 1 is 1.59 bits per heavy atom. The van der Waals surface area contributed by atoms with Gasteiger partial charge in [0.05, 0.1) is 6.61 Å². The van der Waals surface area contributed by atoms with Crippen LogP contribution in [0.5, 0.6) is 0 Å². The van der Waals surface area contributed by atoms with Crippen molar-refractivity contribution in [1.82, 2.24) is 4.72 Å². The third-order valence-corrected chi connectivity index (χ3v) is 5.45. The first-order valence-corrected chi connectivity index (χ1v) is 7.21. The number of hydrogen-bond acceptors (Lipinski definition) is 5. The molecule has 1 aromatic heterocycles. The number of thiophene rings is 1. The molecule has 0 saturated carbocycles. The van der Waals surface area contributed by atoms with Crippen LogP contribution in [-0.2, 0) is 19.6 Å². The van der Waals surface area contributed by atoms with Gasteiger partial charge in [0.1, 0.15) is 4.21 Å². The molecule has 1 atom stereocenters. The summed E-state index contributed by atoms with van der Waals surface area (Å²) in [5.41, 5.74) is -1.54. The van der Waals surface area contributed by atoms with Crippen molar-refractivity contribution in [2.45, 2.75) is 16.2 Å². The van der Waals surface area contributed by atoms with Gasteiger partial charge in [-0.15, -0.1) is 11.3 Å². The molecule has 0 aromatic carbocycles. The van der Waals surface area contributed by atoms with Gasteiger partial charge in [-0.3, -0.25) is 4.79 Å². The van der Waals surface area contributed by atoms with Crippen molar-refractivity contribution >= 4 is 27.3 Å². The molecule has 2 rings (SSSR count). The Bertz CT molecular complexity index is 501. The van der Waals surface area contributed by atoms with Crippen molar-refractivity contribution < 1.29 is 23.1 Å². The highest BCUT2D eigenvalue weighted by atomic mass is 32.2. The zero-order chi connectivity index (χ0) is 12.5. The number of nitrogens with one attached hydrogen (secondary N) is 1. The molecular formula is C9H11NO5S2. The predicted molar refractivity (Wildman–Crippen MR) is 60.4 cm³/mol. The highest BCUT2D eigenvalue weighted by Gasteiger charge is 2.46. The first-order valence-electron chi connectivity index (χ1n) is 4.85. The van der Waals surface area contributed by atoms with Gasteiger partial charge in [-0.2, -0.15) is 4.72 Å². The van der Waals surface area contributed by atoms with Crippen molar-refractivity contribution in [3.8, 4) is 0 Å². The summed E-state index contributed by atoms with van der Waals surface area (Å²) >= 11 is 1.04. The Hall–Kier alpha value is -0.960. The van der Waals surface area contributed by atoms with Crippen LogP contribution < -0.4 is 4.72 Å². The summed E-state index contributed by atoms with van der Waals surface area (Å²) in [6.07, 6.45) is 0.132. The maximum absolute atomic E-state index is 11.9. The van der Waals surface area contributed by atoms with Crippen molar-refractivity contribution in [3.05, 3.63) is 17.5 Å². The second kappa shape index (κ2) is 4.37. The highest BCUT2D eigenvalue weighted by Crippen LogP contribution is 2.24. The van der Waals surface area contributed by atoms with Crippen molar-refractivity contribution in [3.63, 3.8) is 0 Å². The van der Waals surface area contributed by atoms with Gasteiger partial charge in [-0.25, -0.2) is 8.42 Å². The summed E-state index contributed by atoms with van der Waals surface area (Å²) in [7, 11) is -3.80. The van der Waals surface area contributed by atoms with Gasteiger partial charge >= 0.3 is 5.97 Å². The number of hydrogen-bond donors (Lipinski definition) is 2. The molecule has 1 aliphatic rings. The fraction of sp³-hybridized carbons (Fsp3) is 0.444. The smallest absolute Gasteiger partial charge is 0.327 e. The van der Waals surface area contributed by atoms with Crippen LogP contribution in [0.4, 0.5) is 0 Å². The Kier molecular flexibility index (Phi) is 3.21. The summed E-state index contributed by atoms with van der Waals surface area (Å²) in [5, 5.41) is 10.7. The van der Waals surface area contributed by atoms with Gasteiger partial charge in [0.15, 0.2) is 5.54 Å². The Morgan fingerprint density at radius 3 is 2.82 bits per heavy atom. The molecule has 0 amide bonds. The highest BCUT2D eigenvalue weighted by molar-refractivity contribution is 7.91. The molecule has 1 fully saturated rings. The number of rotatable bonds is 4. The van der Waals surface area contributed by atoms with Crippen molar-refractivity contribution in [2.75, 3.05) is 13.2 Å². The van der Waals surface area contributed by atoms with Gasteiger partial charge in [0.2, 0.25) is 0 Å². The third-order valence-electron chi connectivity index (χ3n) is 2.52. The van der Waals surface area contributed by atoms with E-state index < -0.39 is 21.5 Å². The van der Waals surface area contributed by atoms with Crippen LogP contribution in [0.25, 0.3) is 0 Å². The van der Waals surface area contributed by atoms with E-state index in [-0.39, 0.29) is 23.8 Å². The molecule has 94 valence electrons. The zero-order valence-electron chi connectivity index (χ0n) is 8.75. The molecule has 2 N–H and O–H groups in total. The quantitative estimate of drug-likeness (QED) is 0.824. The van der Waals surface area contributed by atoms with Gasteiger partial charge in [0, 0.05) is 13.0 Å². The number of sulfonamides is 1. The van der Waals surface area contributed by atoms with Crippen molar-refractivity contribution in [2.24, 2.45) is 0 Å². The molecule has 0 aliphatic carbocycles. The van der Waals surface area contributed by atoms with Crippen LogP contribution in [0.15, 0.2) is 21.7 Å². The lowest BCUT2D eigenvalue weighted by molar-refractivity contribution is -0.144. The molecule has 0 radical (unpaired) electrons. The predicted octanol–water partition coefficient (Wildman–Crippen LogP) is 0.270. The number of carbonyl (C=O) groups is 1. The van der Waals surface area contributed by atoms with Gasteiger partial charge < -0.3 is 9.84 Å². The van der Waals surface area contributed by atoms with Crippen LogP contribution >= 0.6 is 11.3 Å². The summed E-state index contributed by atoms with van der Waals surface area (Å²) < 4.78 is 31.2. The van der Waals surface area contributed by atoms with E-state index >= 15 is 0 Å². The summed E-state index contributed by atoms with van der Waals surface area (Å²) in [5.74, 6) is -1.21. The average molecular weight is 277 g/mol. The molecule has 0 bridgehead atoms. The standard InChI is InChI=1S/C9H11NO5S2/c11-8(12)9(3-4-15-6-9)10-17(13,14)7-2-1-5-16-7/h1-2,5,10H,3-4,6H2,(H,11,12). The molecule has 1 aliphatic heterocycles. The molecule has 1 saturated heterocycles. The number of carboxylic acids is 1. The van der Waals surface area contributed by atoms with Gasteiger partial charge in [-0.1, -0.05) is 6.07 Å². The van der Waals surface area contributed by atoms with E-state index in [1.807, 2.05) is 0 Å². The fourth-order valence-electron chi connectivity index (χ4n) is 1.58. The van der Waals surface area contributed by atoms with E-state index in [1.54, 1.807) is 11.4 Å². The summed E-state index contributed by atoms with van der Waals surface area (Å²) in [4.78, 5) is 11.2. The van der Waals surface area contributed by atoms with E-state index in [1.165, 1.54) is 6.07 Å².